The molecular weight excluding hydrogens is 677 g/mol. The first-order valence-corrected chi connectivity index (χ1v) is 17.9. The zero-order chi connectivity index (χ0) is 35.8. The van der Waals surface area contributed by atoms with E-state index in [0.717, 1.165) is 61.8 Å². The molecule has 0 spiro atoms. The van der Waals surface area contributed by atoms with Gasteiger partial charge in [0, 0.05) is 55.0 Å². The lowest BCUT2D eigenvalue weighted by Crippen LogP contribution is -2.12. The number of anilines is 1. The molecule has 0 saturated heterocycles. The fraction of sp³-hybridized carbons (Fsp3) is 0.150. The summed E-state index contributed by atoms with van der Waals surface area (Å²) in [5, 5.41) is 16.4. The Morgan fingerprint density at radius 3 is 1.88 bits per heavy atom. The summed E-state index contributed by atoms with van der Waals surface area (Å²) in [7, 11) is 4.00. The minimum Gasteiger partial charge on any atom is -0.489 e. The second-order valence-corrected chi connectivity index (χ2v) is 13.7. The number of aromatic amines is 2. The van der Waals surface area contributed by atoms with Gasteiger partial charge in [0.1, 0.15) is 46.7 Å². The third-order valence-electron chi connectivity index (χ3n) is 8.86. The second-order valence-electron chi connectivity index (χ2n) is 12.5. The Morgan fingerprint density at radius 2 is 1.29 bits per heavy atom. The van der Waals surface area contributed by atoms with Crippen molar-refractivity contribution in [3.8, 4) is 51.3 Å². The highest BCUT2D eigenvalue weighted by Gasteiger charge is 2.24. The van der Waals surface area contributed by atoms with Crippen LogP contribution in [0.3, 0.4) is 0 Å². The van der Waals surface area contributed by atoms with Gasteiger partial charge in [-0.15, -0.1) is 0 Å². The molecule has 0 aliphatic carbocycles. The number of hydrogen-bond donors (Lipinski definition) is 3. The second kappa shape index (κ2) is 13.9. The predicted molar refractivity (Wildman–Crippen MR) is 206 cm³/mol. The van der Waals surface area contributed by atoms with Crippen LogP contribution in [-0.2, 0) is 12.4 Å². The average molecular weight is 711 g/mol. The van der Waals surface area contributed by atoms with Gasteiger partial charge >= 0.3 is 0 Å². The molecule has 0 fully saturated rings. The molecule has 2 aliphatic rings. The van der Waals surface area contributed by atoms with Crippen molar-refractivity contribution in [3.63, 3.8) is 0 Å². The van der Waals surface area contributed by atoms with E-state index in [0.29, 0.717) is 46.9 Å². The maximum Gasteiger partial charge on any atom is 0.272 e. The minimum atomic E-state index is -0.224. The van der Waals surface area contributed by atoms with Gasteiger partial charge in [-0.25, -0.2) is 10.2 Å². The van der Waals surface area contributed by atoms with Crippen LogP contribution in [0.2, 0.25) is 0 Å². The maximum atomic E-state index is 12.1. The summed E-state index contributed by atoms with van der Waals surface area (Å²) in [4.78, 5) is 26.2. The summed E-state index contributed by atoms with van der Waals surface area (Å²) >= 11 is 1.79. The van der Waals surface area contributed by atoms with Gasteiger partial charge in [0.25, 0.3) is 11.1 Å². The minimum absolute atomic E-state index is 0.202. The van der Waals surface area contributed by atoms with Gasteiger partial charge < -0.3 is 24.8 Å². The van der Waals surface area contributed by atoms with Gasteiger partial charge in [-0.1, -0.05) is 30.3 Å². The Bertz CT molecular complexity index is 2600. The highest BCUT2D eigenvalue weighted by Crippen LogP contribution is 2.46. The first-order chi connectivity index (χ1) is 25.4. The summed E-state index contributed by atoms with van der Waals surface area (Å²) in [6.07, 6.45) is 0. The van der Waals surface area contributed by atoms with Crippen molar-refractivity contribution in [1.29, 1.82) is 0 Å². The Morgan fingerprint density at radius 1 is 0.712 bits per heavy atom. The van der Waals surface area contributed by atoms with Gasteiger partial charge in [-0.3, -0.25) is 9.59 Å². The van der Waals surface area contributed by atoms with Gasteiger partial charge in [-0.05, 0) is 71.8 Å². The number of rotatable bonds is 8. The molecule has 0 atom stereocenters. The average Bonchev–Trinajstić information content (AvgIpc) is 3.17. The zero-order valence-corrected chi connectivity index (χ0v) is 29.3. The van der Waals surface area contributed by atoms with E-state index in [9.17, 15) is 9.59 Å². The van der Waals surface area contributed by atoms with Gasteiger partial charge in [0.05, 0.1) is 21.5 Å². The van der Waals surface area contributed by atoms with Crippen LogP contribution in [0.25, 0.3) is 44.1 Å². The number of ether oxygens (including phenoxy) is 3. The Kier molecular flexibility index (Phi) is 8.83. The van der Waals surface area contributed by atoms with Crippen molar-refractivity contribution < 1.29 is 14.2 Å². The number of aromatic nitrogens is 4. The molecule has 0 amide bonds. The van der Waals surface area contributed by atoms with Gasteiger partial charge in [-0.2, -0.15) is 22.0 Å². The van der Waals surface area contributed by atoms with Crippen molar-refractivity contribution in [1.82, 2.24) is 20.4 Å². The summed E-state index contributed by atoms with van der Waals surface area (Å²) < 4.78 is 18.0. The van der Waals surface area contributed by atoms with Crippen LogP contribution in [0.5, 0.6) is 28.7 Å². The first kappa shape index (κ1) is 33.1. The number of nitrogens with zero attached hydrogens (tertiary/aromatic N) is 3. The number of H-pyrrole nitrogens is 2. The summed E-state index contributed by atoms with van der Waals surface area (Å²) in [5.74, 6) is 5.41. The Balaban J connectivity index is 0.000000153. The summed E-state index contributed by atoms with van der Waals surface area (Å²) in [6.45, 7) is 1.09. The molecule has 2 aliphatic heterocycles. The predicted octanol–water partition coefficient (Wildman–Crippen LogP) is 7.23. The number of thioether (sulfide) groups is 1. The van der Waals surface area contributed by atoms with Gasteiger partial charge in [0.15, 0.2) is 0 Å². The van der Waals surface area contributed by atoms with Crippen LogP contribution in [0, 0.1) is 0 Å². The highest BCUT2D eigenvalue weighted by molar-refractivity contribution is 7.98. The first-order valence-electron chi connectivity index (χ1n) is 16.7. The van der Waals surface area contributed by atoms with Crippen LogP contribution < -0.4 is 36.0 Å². The van der Waals surface area contributed by atoms with Crippen molar-refractivity contribution in [2.45, 2.75) is 12.4 Å². The van der Waals surface area contributed by atoms with Crippen molar-refractivity contribution in [2.75, 3.05) is 31.3 Å². The monoisotopic (exact) mass is 710 g/mol. The lowest BCUT2D eigenvalue weighted by Gasteiger charge is -2.20. The molecule has 260 valence electrons. The molecule has 0 radical (unpaired) electrons. The van der Waals surface area contributed by atoms with Crippen LogP contribution in [-0.4, -0.2) is 46.8 Å². The molecule has 52 heavy (non-hydrogen) atoms. The third-order valence-corrected chi connectivity index (χ3v) is 9.92. The van der Waals surface area contributed by atoms with Crippen molar-refractivity contribution in [3.05, 3.63) is 129 Å². The zero-order valence-electron chi connectivity index (χ0n) is 28.4. The van der Waals surface area contributed by atoms with E-state index in [1.54, 1.807) is 23.9 Å². The normalized spacial score (nSPS) is 11.8. The lowest BCUT2D eigenvalue weighted by molar-refractivity contribution is 0.306. The smallest absolute Gasteiger partial charge is 0.272 e. The molecule has 7 aromatic rings. The van der Waals surface area contributed by atoms with Crippen LogP contribution in [0.1, 0.15) is 11.1 Å². The van der Waals surface area contributed by atoms with E-state index in [2.05, 4.69) is 32.5 Å². The standard InChI is InChI=1S/C23H19N3O3.C17H15N3O2S/c1-26(2)15-5-3-6-16(12-15)28-13-14-9-10-19-18(11-14)22-21-17(23(27)25-24-22)7-4-8-20(21)29-19;18-6-7-23-9-10-4-5-13-12(8-10)16-15-11(17(21)20-19-16)2-1-3-14(15)22-13/h3-12H,13H2,1-2H3,(H,25,27);1-5,8H,6-7,9,18H2,(H,20,21). The van der Waals surface area contributed by atoms with Gasteiger partial charge in [0.2, 0.25) is 0 Å². The van der Waals surface area contributed by atoms with Crippen molar-refractivity contribution >= 4 is 39.0 Å². The molecule has 4 N–H and O–H groups in total. The molecular formula is C40H34N6O5S. The molecule has 5 aromatic carbocycles. The maximum absolute atomic E-state index is 12.1. The fourth-order valence-electron chi connectivity index (χ4n) is 6.35. The number of nitrogens with one attached hydrogen (secondary N) is 2. The molecule has 11 nitrogen and oxygen atoms in total. The molecule has 0 bridgehead atoms. The topological polar surface area (TPSA) is 148 Å². The van der Waals surface area contributed by atoms with E-state index in [1.807, 2.05) is 91.8 Å². The lowest BCUT2D eigenvalue weighted by atomic mass is 9.99. The van der Waals surface area contributed by atoms with E-state index in [-0.39, 0.29) is 11.1 Å². The number of nitrogens with two attached hydrogens (primary N) is 1. The van der Waals surface area contributed by atoms with Crippen LogP contribution >= 0.6 is 11.8 Å². The molecule has 2 aromatic heterocycles. The van der Waals surface area contributed by atoms with E-state index in [4.69, 9.17) is 19.9 Å². The molecule has 0 unspecified atom stereocenters. The SMILES string of the molecule is CN(C)c1cccc(OCc2ccc3c(c2)-c2n[nH]c(=O)c4cccc(c24)O3)c1.NCCSCc1ccc2c(c1)-c1n[nH]c(=O)c3cccc(c13)O2. The summed E-state index contributed by atoms with van der Waals surface area (Å²) in [6, 6.07) is 30.9. The van der Waals surface area contributed by atoms with Crippen LogP contribution in [0.15, 0.2) is 107 Å². The highest BCUT2D eigenvalue weighted by atomic mass is 32.2. The largest absolute Gasteiger partial charge is 0.489 e. The van der Waals surface area contributed by atoms with Crippen molar-refractivity contribution in [2.24, 2.45) is 5.73 Å². The molecule has 0 saturated carbocycles. The van der Waals surface area contributed by atoms with E-state index >= 15 is 0 Å². The Labute approximate surface area is 302 Å². The number of fused-ring (bicyclic) bond motifs is 4. The molecule has 12 heteroatoms. The molecule has 4 heterocycles. The quantitative estimate of drug-likeness (QED) is 0.138. The Hall–Kier alpha value is -6.11. The van der Waals surface area contributed by atoms with Crippen LogP contribution in [0.4, 0.5) is 5.69 Å². The summed E-state index contributed by atoms with van der Waals surface area (Å²) in [5.41, 5.74) is 11.6. The van der Waals surface area contributed by atoms with E-state index in [1.165, 1.54) is 5.56 Å². The number of benzene rings is 5. The fourth-order valence-corrected chi connectivity index (χ4v) is 7.07. The third kappa shape index (κ3) is 6.22. The van der Waals surface area contributed by atoms with E-state index < -0.39 is 0 Å². The number of hydrogen-bond acceptors (Lipinski definition) is 10. The molecule has 9 rings (SSSR count).